The second kappa shape index (κ2) is 6.55. The molecule has 1 N–H and O–H groups in total. The molecule has 0 bridgehead atoms. The zero-order chi connectivity index (χ0) is 15.5. The Kier molecular flexibility index (Phi) is 4.50. The highest BCUT2D eigenvalue weighted by atomic mass is 35.5. The van der Waals surface area contributed by atoms with Crippen LogP contribution in [0.2, 0.25) is 10.2 Å². The van der Waals surface area contributed by atoms with Crippen LogP contribution in [0.25, 0.3) is 0 Å². The second-order valence-corrected chi connectivity index (χ2v) is 5.91. The van der Waals surface area contributed by atoms with E-state index >= 15 is 0 Å². The summed E-state index contributed by atoms with van der Waals surface area (Å²) in [7, 11) is 0. The largest absolute Gasteiger partial charge is 0.322 e. The molecule has 1 aliphatic heterocycles. The van der Waals surface area contributed by atoms with E-state index in [1.54, 1.807) is 23.2 Å². The first-order valence-electron chi connectivity index (χ1n) is 7.09. The van der Waals surface area contributed by atoms with Gasteiger partial charge in [0.25, 0.3) is 0 Å². The van der Waals surface area contributed by atoms with Crippen LogP contribution in [0.15, 0.2) is 42.6 Å². The molecule has 1 aromatic carbocycles. The van der Waals surface area contributed by atoms with E-state index in [9.17, 15) is 4.79 Å². The molecule has 1 fully saturated rings. The number of urea groups is 1. The standard InChI is InChI=1S/C16H15Cl2N3O/c17-12-6-2-1-5-11(12)14-8-4-10-21(14)16(22)20-13-7-3-9-19-15(13)18/h1-3,5-7,9,14H,4,8,10H2,(H,20,22). The van der Waals surface area contributed by atoms with E-state index in [2.05, 4.69) is 10.3 Å². The third kappa shape index (κ3) is 3.03. The van der Waals surface area contributed by atoms with Gasteiger partial charge in [-0.15, -0.1) is 0 Å². The second-order valence-electron chi connectivity index (χ2n) is 5.14. The molecule has 6 heteroatoms. The van der Waals surface area contributed by atoms with Gasteiger partial charge < -0.3 is 10.2 Å². The van der Waals surface area contributed by atoms with Gasteiger partial charge in [0, 0.05) is 17.8 Å². The number of halogens is 2. The Balaban J connectivity index is 1.80. The quantitative estimate of drug-likeness (QED) is 0.804. The van der Waals surface area contributed by atoms with Crippen LogP contribution >= 0.6 is 23.2 Å². The van der Waals surface area contributed by atoms with Crippen LogP contribution in [0, 0.1) is 0 Å². The van der Waals surface area contributed by atoms with Gasteiger partial charge in [-0.2, -0.15) is 0 Å². The summed E-state index contributed by atoms with van der Waals surface area (Å²) in [6, 6.07) is 10.9. The minimum Gasteiger partial charge on any atom is -0.317 e. The molecule has 1 unspecified atom stereocenters. The van der Waals surface area contributed by atoms with Crippen molar-refractivity contribution in [1.29, 1.82) is 0 Å². The molecule has 0 aliphatic carbocycles. The smallest absolute Gasteiger partial charge is 0.317 e. The number of likely N-dealkylation sites (tertiary alicyclic amines) is 1. The summed E-state index contributed by atoms with van der Waals surface area (Å²) in [4.78, 5) is 18.3. The van der Waals surface area contributed by atoms with Crippen molar-refractivity contribution < 1.29 is 4.79 Å². The fourth-order valence-electron chi connectivity index (χ4n) is 2.74. The maximum absolute atomic E-state index is 12.5. The van der Waals surface area contributed by atoms with Crippen molar-refractivity contribution in [1.82, 2.24) is 9.88 Å². The number of hydrogen-bond donors (Lipinski definition) is 1. The van der Waals surface area contributed by atoms with Gasteiger partial charge in [0.05, 0.1) is 11.7 Å². The number of nitrogens with zero attached hydrogens (tertiary/aromatic N) is 2. The molecule has 22 heavy (non-hydrogen) atoms. The highest BCUT2D eigenvalue weighted by Crippen LogP contribution is 2.36. The molecule has 1 aliphatic rings. The van der Waals surface area contributed by atoms with E-state index in [0.717, 1.165) is 18.4 Å². The van der Waals surface area contributed by atoms with Crippen molar-refractivity contribution in [2.24, 2.45) is 0 Å². The Labute approximate surface area is 139 Å². The minimum atomic E-state index is -0.183. The molecule has 114 valence electrons. The molecule has 3 rings (SSSR count). The van der Waals surface area contributed by atoms with Crippen molar-refractivity contribution in [3.8, 4) is 0 Å². The first kappa shape index (κ1) is 15.1. The lowest BCUT2D eigenvalue weighted by atomic mass is 10.0. The van der Waals surface area contributed by atoms with Crippen LogP contribution < -0.4 is 5.32 Å². The van der Waals surface area contributed by atoms with E-state index in [1.807, 2.05) is 24.3 Å². The van der Waals surface area contributed by atoms with Crippen molar-refractivity contribution in [2.45, 2.75) is 18.9 Å². The highest BCUT2D eigenvalue weighted by molar-refractivity contribution is 6.32. The number of nitrogens with one attached hydrogen (secondary N) is 1. The molecule has 1 aromatic heterocycles. The topological polar surface area (TPSA) is 45.2 Å². The van der Waals surface area contributed by atoms with E-state index in [0.29, 0.717) is 17.3 Å². The summed E-state index contributed by atoms with van der Waals surface area (Å²) >= 11 is 12.3. The normalized spacial score (nSPS) is 17.5. The van der Waals surface area contributed by atoms with Crippen LogP contribution in [0.1, 0.15) is 24.4 Å². The highest BCUT2D eigenvalue weighted by Gasteiger charge is 2.31. The first-order chi connectivity index (χ1) is 10.7. The van der Waals surface area contributed by atoms with Crippen LogP contribution in [-0.4, -0.2) is 22.5 Å². The number of carbonyl (C=O) groups is 1. The molecule has 1 atom stereocenters. The Hall–Kier alpha value is -1.78. The van der Waals surface area contributed by atoms with E-state index < -0.39 is 0 Å². The first-order valence-corrected chi connectivity index (χ1v) is 7.85. The number of carbonyl (C=O) groups excluding carboxylic acids is 1. The Morgan fingerprint density at radius 1 is 1.23 bits per heavy atom. The van der Waals surface area contributed by atoms with Gasteiger partial charge in [-0.3, -0.25) is 0 Å². The van der Waals surface area contributed by atoms with Crippen LogP contribution in [0.4, 0.5) is 10.5 Å². The molecule has 0 saturated carbocycles. The SMILES string of the molecule is O=C(Nc1cccnc1Cl)N1CCCC1c1ccccc1Cl. The predicted octanol–water partition coefficient (Wildman–Crippen LogP) is 4.76. The zero-order valence-corrected chi connectivity index (χ0v) is 13.3. The summed E-state index contributed by atoms with van der Waals surface area (Å²) in [5.41, 5.74) is 1.49. The fourth-order valence-corrected chi connectivity index (χ4v) is 3.17. The average molecular weight is 336 g/mol. The lowest BCUT2D eigenvalue weighted by Crippen LogP contribution is -2.34. The molecule has 1 saturated heterocycles. The Bertz CT molecular complexity index is 693. The summed E-state index contributed by atoms with van der Waals surface area (Å²) in [5, 5.41) is 3.79. The average Bonchev–Trinajstić information content (AvgIpc) is 2.99. The Morgan fingerprint density at radius 2 is 2.05 bits per heavy atom. The van der Waals surface area contributed by atoms with Gasteiger partial charge in [-0.05, 0) is 36.6 Å². The monoisotopic (exact) mass is 335 g/mol. The molecule has 0 radical (unpaired) electrons. The summed E-state index contributed by atoms with van der Waals surface area (Å²) < 4.78 is 0. The molecular formula is C16H15Cl2N3O. The fraction of sp³-hybridized carbons (Fsp3) is 0.250. The van der Waals surface area contributed by atoms with Gasteiger partial charge in [0.1, 0.15) is 0 Å². The summed E-state index contributed by atoms with van der Waals surface area (Å²) in [6.45, 7) is 0.694. The Morgan fingerprint density at radius 3 is 2.82 bits per heavy atom. The number of amides is 2. The van der Waals surface area contributed by atoms with Crippen molar-refractivity contribution in [2.75, 3.05) is 11.9 Å². The van der Waals surface area contributed by atoms with Gasteiger partial charge in [0.15, 0.2) is 5.15 Å². The van der Waals surface area contributed by atoms with Gasteiger partial charge in [-0.1, -0.05) is 41.4 Å². The molecule has 4 nitrogen and oxygen atoms in total. The minimum absolute atomic E-state index is 0.0100. The molecule has 2 amide bonds. The number of rotatable bonds is 2. The van der Waals surface area contributed by atoms with Crippen LogP contribution in [-0.2, 0) is 0 Å². The molecule has 2 aromatic rings. The van der Waals surface area contributed by atoms with Gasteiger partial charge in [-0.25, -0.2) is 9.78 Å². The maximum atomic E-state index is 12.5. The van der Waals surface area contributed by atoms with Crippen LogP contribution in [0.5, 0.6) is 0 Å². The van der Waals surface area contributed by atoms with E-state index in [1.165, 1.54) is 0 Å². The number of aromatic nitrogens is 1. The maximum Gasteiger partial charge on any atom is 0.322 e. The lowest BCUT2D eigenvalue weighted by molar-refractivity contribution is 0.207. The summed E-state index contributed by atoms with van der Waals surface area (Å²) in [6.07, 6.45) is 3.43. The third-order valence-electron chi connectivity index (χ3n) is 3.78. The lowest BCUT2D eigenvalue weighted by Gasteiger charge is -2.26. The number of benzene rings is 1. The van der Waals surface area contributed by atoms with Crippen molar-refractivity contribution in [3.05, 3.63) is 58.3 Å². The molecule has 2 heterocycles. The van der Waals surface area contributed by atoms with Crippen molar-refractivity contribution >= 4 is 34.9 Å². The van der Waals surface area contributed by atoms with E-state index in [4.69, 9.17) is 23.2 Å². The number of hydrogen-bond acceptors (Lipinski definition) is 2. The summed E-state index contributed by atoms with van der Waals surface area (Å²) in [5.74, 6) is 0. The zero-order valence-electron chi connectivity index (χ0n) is 11.8. The third-order valence-corrected chi connectivity index (χ3v) is 4.42. The van der Waals surface area contributed by atoms with E-state index in [-0.39, 0.29) is 17.2 Å². The molecule has 0 spiro atoms. The van der Waals surface area contributed by atoms with Gasteiger partial charge in [0.2, 0.25) is 0 Å². The van der Waals surface area contributed by atoms with Crippen molar-refractivity contribution in [3.63, 3.8) is 0 Å². The van der Waals surface area contributed by atoms with Crippen LogP contribution in [0.3, 0.4) is 0 Å². The van der Waals surface area contributed by atoms with Gasteiger partial charge >= 0.3 is 6.03 Å². The predicted molar refractivity (Wildman–Crippen MR) is 88.4 cm³/mol. The molecular weight excluding hydrogens is 321 g/mol. The number of anilines is 1. The number of pyridine rings is 1.